The van der Waals surface area contributed by atoms with E-state index in [0.717, 1.165) is 18.5 Å². The summed E-state index contributed by atoms with van der Waals surface area (Å²) in [7, 11) is 0. The number of rotatable bonds is 1. The van der Waals surface area contributed by atoms with E-state index in [4.69, 9.17) is 11.6 Å². The minimum absolute atomic E-state index is 0. The fourth-order valence-corrected chi connectivity index (χ4v) is 2.19. The second-order valence-corrected chi connectivity index (χ2v) is 4.53. The molecular formula is C12H15Cl2NO. The average Bonchev–Trinajstić information content (AvgIpc) is 2.23. The van der Waals surface area contributed by atoms with Gasteiger partial charge in [-0.15, -0.1) is 12.4 Å². The molecule has 1 fully saturated rings. The summed E-state index contributed by atoms with van der Waals surface area (Å²) in [6.45, 7) is 2.81. The second-order valence-electron chi connectivity index (χ2n) is 4.09. The zero-order valence-corrected chi connectivity index (χ0v) is 10.7. The number of Topliss-reactive ketones (excluding diaryl/α,β-unsaturated/α-hetero) is 1. The highest BCUT2D eigenvalue weighted by molar-refractivity contribution is 6.30. The number of piperidine rings is 1. The largest absolute Gasteiger partial charge is 0.301 e. The molecule has 1 aliphatic rings. The quantitative estimate of drug-likeness (QED) is 0.841. The summed E-state index contributed by atoms with van der Waals surface area (Å²) in [5, 5.41) is 3.96. The van der Waals surface area contributed by atoms with Gasteiger partial charge >= 0.3 is 0 Å². The summed E-state index contributed by atoms with van der Waals surface area (Å²) in [5.74, 6) is 0.246. The highest BCUT2D eigenvalue weighted by Gasteiger charge is 2.36. The molecule has 1 atom stereocenters. The molecule has 0 aromatic heterocycles. The molecule has 0 aliphatic carbocycles. The number of benzene rings is 1. The number of carbonyl (C=O) groups excluding carboxylic acids is 1. The molecule has 16 heavy (non-hydrogen) atoms. The normalized spacial score (nSPS) is 25.0. The molecule has 1 aromatic rings. The number of ketones is 1. The lowest BCUT2D eigenvalue weighted by molar-refractivity contribution is -0.126. The molecule has 2 nitrogen and oxygen atoms in total. The Bertz CT molecular complexity index is 394. The molecule has 2 rings (SSSR count). The van der Waals surface area contributed by atoms with E-state index in [-0.39, 0.29) is 18.2 Å². The van der Waals surface area contributed by atoms with Gasteiger partial charge in [0.15, 0.2) is 5.78 Å². The molecule has 1 heterocycles. The third-order valence-corrected chi connectivity index (χ3v) is 3.25. The Hall–Kier alpha value is -0.570. The lowest BCUT2D eigenvalue weighted by Gasteiger charge is -2.33. The van der Waals surface area contributed by atoms with Crippen molar-refractivity contribution in [3.05, 3.63) is 34.9 Å². The standard InChI is InChI=1S/C12H14ClNO.ClH/c1-12(11(15)6-3-7-14-12)9-4-2-5-10(13)8-9;/h2,4-5,8,14H,3,6-7H2,1H3;1H. The van der Waals surface area contributed by atoms with Gasteiger partial charge in [-0.1, -0.05) is 23.7 Å². The SMILES string of the molecule is CC1(c2cccc(Cl)c2)NCCCC1=O.Cl. The lowest BCUT2D eigenvalue weighted by atomic mass is 9.83. The third kappa shape index (κ3) is 2.40. The first-order valence-corrected chi connectivity index (χ1v) is 5.55. The fourth-order valence-electron chi connectivity index (χ4n) is 2.00. The number of nitrogens with one attached hydrogen (secondary N) is 1. The van der Waals surface area contributed by atoms with Crippen molar-refractivity contribution in [3.8, 4) is 0 Å². The first kappa shape index (κ1) is 13.5. The molecule has 1 aromatic carbocycles. The van der Waals surface area contributed by atoms with E-state index < -0.39 is 5.54 Å². The van der Waals surface area contributed by atoms with Crippen LogP contribution >= 0.6 is 24.0 Å². The zero-order valence-electron chi connectivity index (χ0n) is 9.13. The molecule has 1 unspecified atom stereocenters. The van der Waals surface area contributed by atoms with E-state index in [1.165, 1.54) is 0 Å². The van der Waals surface area contributed by atoms with Gasteiger partial charge in [0, 0.05) is 11.4 Å². The summed E-state index contributed by atoms with van der Waals surface area (Å²) in [6, 6.07) is 7.51. The Kier molecular flexibility index (Phi) is 4.36. The van der Waals surface area contributed by atoms with Crippen molar-refractivity contribution in [2.24, 2.45) is 0 Å². The number of hydrogen-bond donors (Lipinski definition) is 1. The van der Waals surface area contributed by atoms with Crippen LogP contribution in [0.5, 0.6) is 0 Å². The average molecular weight is 260 g/mol. The van der Waals surface area contributed by atoms with Gasteiger partial charge in [0.2, 0.25) is 0 Å². The van der Waals surface area contributed by atoms with Crippen molar-refractivity contribution in [1.29, 1.82) is 0 Å². The molecular weight excluding hydrogens is 245 g/mol. The van der Waals surface area contributed by atoms with E-state index in [1.807, 2.05) is 31.2 Å². The van der Waals surface area contributed by atoms with Gasteiger partial charge in [-0.3, -0.25) is 4.79 Å². The minimum Gasteiger partial charge on any atom is -0.301 e. The molecule has 0 spiro atoms. The zero-order chi connectivity index (χ0) is 10.9. The molecule has 1 aliphatic heterocycles. The Morgan fingerprint density at radius 3 is 2.81 bits per heavy atom. The van der Waals surface area contributed by atoms with Gasteiger partial charge in [-0.25, -0.2) is 0 Å². The van der Waals surface area contributed by atoms with Gasteiger partial charge in [-0.05, 0) is 37.6 Å². The molecule has 1 saturated heterocycles. The Balaban J connectivity index is 0.00000128. The maximum atomic E-state index is 11.9. The van der Waals surface area contributed by atoms with Crippen LogP contribution in [0, 0.1) is 0 Å². The second kappa shape index (κ2) is 5.17. The molecule has 0 amide bonds. The van der Waals surface area contributed by atoms with Crippen LogP contribution in [0.15, 0.2) is 24.3 Å². The highest BCUT2D eigenvalue weighted by atomic mass is 35.5. The lowest BCUT2D eigenvalue weighted by Crippen LogP contribution is -2.50. The molecule has 88 valence electrons. The number of halogens is 2. The first-order valence-electron chi connectivity index (χ1n) is 5.17. The van der Waals surface area contributed by atoms with Crippen LogP contribution in [-0.2, 0) is 10.3 Å². The van der Waals surface area contributed by atoms with Gasteiger partial charge in [0.25, 0.3) is 0 Å². The van der Waals surface area contributed by atoms with Crippen LogP contribution in [0.25, 0.3) is 0 Å². The van der Waals surface area contributed by atoms with Crippen LogP contribution in [0.1, 0.15) is 25.3 Å². The van der Waals surface area contributed by atoms with Crippen LogP contribution in [-0.4, -0.2) is 12.3 Å². The summed E-state index contributed by atoms with van der Waals surface area (Å²) in [4.78, 5) is 11.9. The van der Waals surface area contributed by atoms with Crippen molar-refractivity contribution in [3.63, 3.8) is 0 Å². The van der Waals surface area contributed by atoms with E-state index in [0.29, 0.717) is 11.4 Å². The van der Waals surface area contributed by atoms with Crippen LogP contribution in [0.4, 0.5) is 0 Å². The molecule has 0 bridgehead atoms. The fraction of sp³-hybridized carbons (Fsp3) is 0.417. The maximum absolute atomic E-state index is 11.9. The monoisotopic (exact) mass is 259 g/mol. The Morgan fingerprint density at radius 2 is 2.19 bits per heavy atom. The Morgan fingerprint density at radius 1 is 1.44 bits per heavy atom. The van der Waals surface area contributed by atoms with E-state index in [2.05, 4.69) is 5.32 Å². The van der Waals surface area contributed by atoms with Crippen molar-refractivity contribution < 1.29 is 4.79 Å². The molecule has 1 N–H and O–H groups in total. The number of carbonyl (C=O) groups is 1. The minimum atomic E-state index is -0.552. The van der Waals surface area contributed by atoms with Crippen LogP contribution in [0.3, 0.4) is 0 Å². The van der Waals surface area contributed by atoms with Crippen LogP contribution in [0.2, 0.25) is 5.02 Å². The van der Waals surface area contributed by atoms with Gasteiger partial charge in [-0.2, -0.15) is 0 Å². The van der Waals surface area contributed by atoms with Gasteiger partial charge in [0.1, 0.15) is 5.54 Å². The summed E-state index contributed by atoms with van der Waals surface area (Å²) < 4.78 is 0. The topological polar surface area (TPSA) is 29.1 Å². The molecule has 4 heteroatoms. The Labute approximate surface area is 107 Å². The molecule has 0 saturated carbocycles. The van der Waals surface area contributed by atoms with Crippen molar-refractivity contribution >= 4 is 29.8 Å². The first-order chi connectivity index (χ1) is 7.13. The van der Waals surface area contributed by atoms with Crippen molar-refractivity contribution in [1.82, 2.24) is 5.32 Å². The summed E-state index contributed by atoms with van der Waals surface area (Å²) >= 11 is 5.93. The predicted octanol–water partition coefficient (Wildman–Crippen LogP) is 2.93. The van der Waals surface area contributed by atoms with E-state index >= 15 is 0 Å². The smallest absolute Gasteiger partial charge is 0.157 e. The van der Waals surface area contributed by atoms with E-state index in [9.17, 15) is 4.79 Å². The van der Waals surface area contributed by atoms with Crippen molar-refractivity contribution in [2.75, 3.05) is 6.54 Å². The number of hydrogen-bond acceptors (Lipinski definition) is 2. The van der Waals surface area contributed by atoms with Crippen molar-refractivity contribution in [2.45, 2.75) is 25.3 Å². The maximum Gasteiger partial charge on any atom is 0.157 e. The summed E-state index contributed by atoms with van der Waals surface area (Å²) in [5.41, 5.74) is 0.406. The van der Waals surface area contributed by atoms with E-state index in [1.54, 1.807) is 0 Å². The summed E-state index contributed by atoms with van der Waals surface area (Å²) in [6.07, 6.45) is 1.57. The van der Waals surface area contributed by atoms with Gasteiger partial charge < -0.3 is 5.32 Å². The highest BCUT2D eigenvalue weighted by Crippen LogP contribution is 2.28. The van der Waals surface area contributed by atoms with Gasteiger partial charge in [0.05, 0.1) is 0 Å². The van der Waals surface area contributed by atoms with Crippen LogP contribution < -0.4 is 5.32 Å². The molecule has 0 radical (unpaired) electrons. The predicted molar refractivity (Wildman–Crippen MR) is 68.3 cm³/mol. The third-order valence-electron chi connectivity index (χ3n) is 3.02.